The summed E-state index contributed by atoms with van der Waals surface area (Å²) < 4.78 is 181. The van der Waals surface area contributed by atoms with Crippen molar-refractivity contribution in [3.63, 3.8) is 0 Å². The summed E-state index contributed by atoms with van der Waals surface area (Å²) in [4.78, 5) is -1.40. The van der Waals surface area contributed by atoms with Crippen molar-refractivity contribution in [2.75, 3.05) is 105 Å². The summed E-state index contributed by atoms with van der Waals surface area (Å²) >= 11 is 16.0. The molecular formula is C85H100Cl2N20O20S8. The van der Waals surface area contributed by atoms with Gasteiger partial charge in [-0.15, -0.1) is 0 Å². The van der Waals surface area contributed by atoms with Crippen LogP contribution in [-0.4, -0.2) is 160 Å². The molecule has 8 aromatic carbocycles. The van der Waals surface area contributed by atoms with Gasteiger partial charge in [-0.05, 0) is 148 Å². The van der Waals surface area contributed by atoms with Crippen molar-refractivity contribution in [2.24, 2.45) is 26.8 Å². The van der Waals surface area contributed by atoms with Crippen LogP contribution in [0.4, 0.5) is 69.3 Å². The van der Waals surface area contributed by atoms with E-state index in [0.29, 0.717) is 92.5 Å². The molecule has 50 heteroatoms. The molecule has 722 valence electrons. The first-order chi connectivity index (χ1) is 63.4. The van der Waals surface area contributed by atoms with E-state index < -0.39 is 68.0 Å². The number of phenols is 4. The van der Waals surface area contributed by atoms with Crippen molar-refractivity contribution in [2.45, 2.75) is 127 Å². The SMILES string of the molecule is CC(C)(C)[C@@H](Nc1nsnc1Nc1ccc(Cl)c(S(N)(=O)=O)c1O)c1ccc2c(c1)OCO2.CN(C)S(=O)(=O)c1c(Cl)ccc(Nc2nsnc2N[C@@H](c2ccc3c(c2)OCO3)C(C)(C)C)c1O.CN(C)S(=O)(=O)c1cccc(Nc2nsnc2N[C@@H](c2ccc3c(c2)OCO3)C(C)(C)C)c1O.CNS(=O)(=O)c1cccc(Nc2nsnc2N[C@@H](c2ccc3c(c2)OCO3)C(C)(C)C)c1O. The maximum atomic E-state index is 12.7. The molecule has 8 heterocycles. The van der Waals surface area contributed by atoms with Crippen LogP contribution in [0.5, 0.6) is 69.0 Å². The molecule has 0 fully saturated rings. The fraction of sp³-hybridized carbons (Fsp3) is 0.341. The van der Waals surface area contributed by atoms with Crippen LogP contribution in [0, 0.1) is 21.7 Å². The lowest BCUT2D eigenvalue weighted by Crippen LogP contribution is -2.26. The summed E-state index contributed by atoms with van der Waals surface area (Å²) in [5.41, 5.74) is 3.58. The summed E-state index contributed by atoms with van der Waals surface area (Å²) in [5.74, 6) is 6.77. The number of anilines is 12. The highest BCUT2D eigenvalue weighted by Gasteiger charge is 2.38. The Morgan fingerprint density at radius 1 is 0.348 bits per heavy atom. The van der Waals surface area contributed by atoms with Gasteiger partial charge in [0.2, 0.25) is 67.3 Å². The van der Waals surface area contributed by atoms with Gasteiger partial charge < -0.3 is 101 Å². The third kappa shape index (κ3) is 23.0. The Hall–Kier alpha value is -11.8. The maximum absolute atomic E-state index is 12.7. The van der Waals surface area contributed by atoms with Crippen molar-refractivity contribution in [3.8, 4) is 69.0 Å². The topological polar surface area (TPSA) is 535 Å². The van der Waals surface area contributed by atoms with Crippen LogP contribution in [0.2, 0.25) is 10.0 Å². The molecule has 0 radical (unpaired) electrons. The van der Waals surface area contributed by atoms with Crippen molar-refractivity contribution in [3.05, 3.63) is 166 Å². The summed E-state index contributed by atoms with van der Waals surface area (Å²) in [7, 11) is -9.08. The Balaban J connectivity index is 0.000000152. The number of halogens is 2. The number of para-hydroxylation sites is 2. The molecule has 0 spiro atoms. The molecule has 0 amide bonds. The van der Waals surface area contributed by atoms with E-state index in [1.54, 1.807) is 18.2 Å². The molecule has 15 N–H and O–H groups in total. The molecule has 0 aliphatic carbocycles. The maximum Gasteiger partial charge on any atom is 0.247 e. The second kappa shape index (κ2) is 40.3. The van der Waals surface area contributed by atoms with Gasteiger partial charge in [-0.25, -0.2) is 52.1 Å². The minimum atomic E-state index is -4.25. The molecule has 40 nitrogen and oxygen atoms in total. The van der Waals surface area contributed by atoms with Crippen LogP contribution in [0.15, 0.2) is 153 Å². The van der Waals surface area contributed by atoms with Gasteiger partial charge in [0.1, 0.15) is 19.6 Å². The zero-order valence-corrected chi connectivity index (χ0v) is 83.8. The van der Waals surface area contributed by atoms with E-state index in [4.69, 9.17) is 66.2 Å². The zero-order chi connectivity index (χ0) is 98.0. The van der Waals surface area contributed by atoms with Crippen LogP contribution in [0.1, 0.15) is 130 Å². The third-order valence-electron chi connectivity index (χ3n) is 21.0. The molecule has 4 aromatic heterocycles. The molecule has 0 saturated heterocycles. The summed E-state index contributed by atoms with van der Waals surface area (Å²) in [6, 6.07) is 36.9. The highest BCUT2D eigenvalue weighted by Crippen LogP contribution is 2.50. The zero-order valence-electron chi connectivity index (χ0n) is 75.7. The van der Waals surface area contributed by atoms with E-state index in [1.807, 2.05) is 72.8 Å². The van der Waals surface area contributed by atoms with Crippen molar-refractivity contribution in [1.29, 1.82) is 0 Å². The summed E-state index contributed by atoms with van der Waals surface area (Å²) in [6.45, 7) is 25.8. The number of aromatic nitrogens is 8. The predicted octanol–water partition coefficient (Wildman–Crippen LogP) is 17.0. The number of benzene rings is 8. The number of phenolic OH excluding ortho intramolecular Hbond substituents is 4. The molecular weight excluding hydrogens is 1950 g/mol. The monoisotopic (exact) mass is 2050 g/mol. The van der Waals surface area contributed by atoms with Crippen LogP contribution >= 0.6 is 70.1 Å². The molecule has 0 bridgehead atoms. The van der Waals surface area contributed by atoms with Gasteiger partial charge in [0.15, 0.2) is 116 Å². The number of fused-ring (bicyclic) bond motifs is 4. The molecule has 12 aromatic rings. The standard InChI is InChI=1S/C22H26ClN5O5S2.C22H27N5O5S2.C21H25N5O5S2.C20H22ClN5O5S2/c1-22(2,3)19(12-6-9-15-16(10-12)33-11-32-15)25-21-20(26-34-27-21)24-14-8-7-13(23)18(17(14)29)35(30,31)28(4)5;1-22(2,3)19(13-9-10-15-16(11-13)32-12-31-15)24-21-20(25-33-26-21)23-14-7-6-8-17(18(14)28)34(29,30)27(4)5;1-21(2,3)18(12-8-9-14-15(10-12)31-11-30-14)24-20-19(25-32-26-20)23-13-6-5-7-16(17(13)27)33(28,29)22-4;1-20(2,3)17(10-4-7-13-14(8-10)31-9-30-13)24-19-18(25-32-26-19)23-12-6-5-11(21)16(15(12)27)33(22,28)29/h6-10,19,29H,11H2,1-5H3,(H,24,26)(H,25,27);6-11,19,28H,12H2,1-5H3,(H,23,25)(H,24,26);5-10,18,22,27H,11H2,1-4H3,(H,23,25)(H,24,26);4-8,17,27H,9H2,1-3H3,(H,23,25)(H,24,26)(H2,22,28,29)/t2*19-;18-;17-/m0000/s1. The summed E-state index contributed by atoms with van der Waals surface area (Å²) in [6.07, 6.45) is 0. The van der Waals surface area contributed by atoms with Crippen molar-refractivity contribution >= 4 is 180 Å². The van der Waals surface area contributed by atoms with Gasteiger partial charge in [-0.1, -0.05) is 143 Å². The number of primary sulfonamides is 1. The number of rotatable bonds is 27. The highest BCUT2D eigenvalue weighted by molar-refractivity contribution is 7.90. The second-order valence-electron chi connectivity index (χ2n) is 35.2. The minimum absolute atomic E-state index is 0.0644. The quantitative estimate of drug-likeness (QED) is 0.0213. The number of hydrogen-bond donors (Lipinski definition) is 14. The summed E-state index contributed by atoms with van der Waals surface area (Å²) in [5, 5.41) is 73.0. The molecule has 16 rings (SSSR count). The molecule has 4 aliphatic rings. The van der Waals surface area contributed by atoms with E-state index >= 15 is 0 Å². The Morgan fingerprint density at radius 3 is 0.889 bits per heavy atom. The first-order valence-electron chi connectivity index (χ1n) is 40.9. The fourth-order valence-corrected chi connectivity index (χ4v) is 20.5. The Labute approximate surface area is 807 Å². The number of sulfonamides is 4. The van der Waals surface area contributed by atoms with Crippen LogP contribution < -0.4 is 90.3 Å². The predicted molar refractivity (Wildman–Crippen MR) is 518 cm³/mol. The lowest BCUT2D eigenvalue weighted by Gasteiger charge is -2.32. The van der Waals surface area contributed by atoms with Crippen LogP contribution in [0.25, 0.3) is 0 Å². The van der Waals surface area contributed by atoms with E-state index in [9.17, 15) is 54.1 Å². The van der Waals surface area contributed by atoms with Gasteiger partial charge in [-0.3, -0.25) is 0 Å². The lowest BCUT2D eigenvalue weighted by molar-refractivity contribution is 0.173. The van der Waals surface area contributed by atoms with E-state index in [0.717, 1.165) is 77.8 Å². The number of ether oxygens (including phenoxy) is 8. The molecule has 4 atom stereocenters. The van der Waals surface area contributed by atoms with Gasteiger partial charge >= 0.3 is 0 Å². The first-order valence-corrected chi connectivity index (χ1v) is 50.5. The molecule has 4 aliphatic heterocycles. The Bertz CT molecular complexity index is 6850. The number of nitrogens with one attached hydrogen (secondary N) is 9. The average molecular weight is 2050 g/mol. The van der Waals surface area contributed by atoms with E-state index in [2.05, 4.69) is 165 Å². The largest absolute Gasteiger partial charge is 0.504 e. The number of aromatic hydroxyl groups is 4. The van der Waals surface area contributed by atoms with E-state index in [1.165, 1.54) is 77.7 Å². The molecule has 0 unspecified atom stereocenters. The van der Waals surface area contributed by atoms with Gasteiger partial charge in [-0.2, -0.15) is 35.0 Å². The normalized spacial score (nSPS) is 14.2. The van der Waals surface area contributed by atoms with Gasteiger partial charge in [0.25, 0.3) is 0 Å². The minimum Gasteiger partial charge on any atom is -0.504 e. The number of nitrogens with zero attached hydrogens (tertiary/aromatic N) is 10. The third-order valence-corrected chi connectivity index (χ3v) is 30.1. The van der Waals surface area contributed by atoms with Crippen LogP contribution in [-0.2, 0) is 40.1 Å². The Morgan fingerprint density at radius 2 is 0.607 bits per heavy atom. The smallest absolute Gasteiger partial charge is 0.247 e. The first kappa shape index (κ1) is 101. The van der Waals surface area contributed by atoms with Gasteiger partial charge in [0, 0.05) is 28.2 Å². The fourth-order valence-electron chi connectivity index (χ4n) is 14.1. The number of nitrogens with two attached hydrogens (primary N) is 1. The van der Waals surface area contributed by atoms with Crippen molar-refractivity contribution < 1.29 is 92.0 Å². The second-order valence-corrected chi connectivity index (χ2v) is 45.7. The van der Waals surface area contributed by atoms with Crippen LogP contribution in [0.3, 0.4) is 0 Å². The lowest BCUT2D eigenvalue weighted by atomic mass is 9.82. The Kier molecular flexibility index (Phi) is 30.0. The van der Waals surface area contributed by atoms with Crippen molar-refractivity contribution in [1.82, 2.24) is 48.3 Å². The number of hydrogen-bond acceptors (Lipinski definition) is 40. The van der Waals surface area contributed by atoms with Gasteiger partial charge in [0.05, 0.1) is 104 Å². The highest BCUT2D eigenvalue weighted by atomic mass is 35.5. The average Bonchev–Trinajstić information content (AvgIpc) is 1.06. The molecule has 0 saturated carbocycles. The van der Waals surface area contributed by atoms with E-state index in [-0.39, 0.29) is 120 Å². The molecule has 135 heavy (non-hydrogen) atoms.